The van der Waals surface area contributed by atoms with Gasteiger partial charge in [-0.25, -0.2) is 8.78 Å². The fourth-order valence-electron chi connectivity index (χ4n) is 1.72. The third-order valence-corrected chi connectivity index (χ3v) is 2.75. The van der Waals surface area contributed by atoms with Crippen molar-refractivity contribution in [2.45, 2.75) is 26.9 Å². The molecule has 0 aliphatic rings. The molecule has 2 aromatic rings. The standard InChI is InChI=1S/C13H15F2N3/c1-3-18-8-9(2)13(17-18)16-7-10-5-4-6-11(14)12(10)15/h4-6,8H,3,7H2,1-2H3,(H,16,17). The maximum Gasteiger partial charge on any atom is 0.163 e. The third-order valence-electron chi connectivity index (χ3n) is 2.75. The van der Waals surface area contributed by atoms with E-state index in [4.69, 9.17) is 0 Å². The highest BCUT2D eigenvalue weighted by atomic mass is 19.2. The number of halogens is 2. The maximum atomic E-state index is 13.4. The molecule has 1 aromatic heterocycles. The van der Waals surface area contributed by atoms with Crippen LogP contribution in [0.4, 0.5) is 14.6 Å². The van der Waals surface area contributed by atoms with Crippen molar-refractivity contribution >= 4 is 5.82 Å². The van der Waals surface area contributed by atoms with Crippen molar-refractivity contribution in [2.75, 3.05) is 5.32 Å². The molecule has 0 saturated carbocycles. The molecule has 18 heavy (non-hydrogen) atoms. The Balaban J connectivity index is 2.11. The first-order valence-electron chi connectivity index (χ1n) is 5.82. The smallest absolute Gasteiger partial charge is 0.163 e. The molecule has 0 amide bonds. The third kappa shape index (κ3) is 2.50. The van der Waals surface area contributed by atoms with Crippen molar-refractivity contribution in [1.82, 2.24) is 9.78 Å². The predicted molar refractivity (Wildman–Crippen MR) is 66.3 cm³/mol. The fourth-order valence-corrected chi connectivity index (χ4v) is 1.72. The number of nitrogens with one attached hydrogen (secondary N) is 1. The molecule has 3 nitrogen and oxygen atoms in total. The molecule has 0 saturated heterocycles. The molecule has 1 aromatic carbocycles. The lowest BCUT2D eigenvalue weighted by Crippen LogP contribution is -2.05. The summed E-state index contributed by atoms with van der Waals surface area (Å²) in [5.74, 6) is -0.941. The number of anilines is 1. The minimum atomic E-state index is -0.829. The molecule has 96 valence electrons. The minimum Gasteiger partial charge on any atom is -0.364 e. The Hall–Kier alpha value is -1.91. The lowest BCUT2D eigenvalue weighted by atomic mass is 10.2. The Kier molecular flexibility index (Phi) is 3.60. The first-order valence-corrected chi connectivity index (χ1v) is 5.82. The van der Waals surface area contributed by atoms with Crippen LogP contribution in [0.5, 0.6) is 0 Å². The van der Waals surface area contributed by atoms with Crippen LogP contribution >= 0.6 is 0 Å². The van der Waals surface area contributed by atoms with Gasteiger partial charge in [-0.05, 0) is 19.9 Å². The van der Waals surface area contributed by atoms with Crippen LogP contribution in [0.25, 0.3) is 0 Å². The molecule has 0 bridgehead atoms. The molecule has 0 atom stereocenters. The van der Waals surface area contributed by atoms with Gasteiger partial charge in [-0.3, -0.25) is 4.68 Å². The number of aromatic nitrogens is 2. The minimum absolute atomic E-state index is 0.213. The zero-order valence-corrected chi connectivity index (χ0v) is 10.4. The van der Waals surface area contributed by atoms with Crippen LogP contribution in [-0.2, 0) is 13.1 Å². The van der Waals surface area contributed by atoms with Gasteiger partial charge in [-0.1, -0.05) is 12.1 Å². The normalized spacial score (nSPS) is 10.7. The lowest BCUT2D eigenvalue weighted by molar-refractivity contribution is 0.500. The first-order chi connectivity index (χ1) is 8.61. The fraction of sp³-hybridized carbons (Fsp3) is 0.308. The Morgan fingerprint density at radius 3 is 2.78 bits per heavy atom. The molecule has 1 heterocycles. The largest absolute Gasteiger partial charge is 0.364 e. The van der Waals surface area contributed by atoms with E-state index in [1.54, 1.807) is 10.7 Å². The van der Waals surface area contributed by atoms with Gasteiger partial charge in [0.2, 0.25) is 0 Å². The Morgan fingerprint density at radius 2 is 2.11 bits per heavy atom. The van der Waals surface area contributed by atoms with E-state index in [1.165, 1.54) is 6.07 Å². The van der Waals surface area contributed by atoms with Crippen molar-refractivity contribution < 1.29 is 8.78 Å². The van der Waals surface area contributed by atoms with Crippen molar-refractivity contribution in [1.29, 1.82) is 0 Å². The summed E-state index contributed by atoms with van der Waals surface area (Å²) in [6.45, 7) is 4.90. The van der Waals surface area contributed by atoms with Gasteiger partial charge >= 0.3 is 0 Å². The average Bonchev–Trinajstić information content (AvgIpc) is 2.72. The average molecular weight is 251 g/mol. The van der Waals surface area contributed by atoms with E-state index in [0.29, 0.717) is 11.4 Å². The molecule has 0 aliphatic heterocycles. The van der Waals surface area contributed by atoms with Gasteiger partial charge in [0.15, 0.2) is 17.5 Å². The van der Waals surface area contributed by atoms with Crippen molar-refractivity contribution in [2.24, 2.45) is 0 Å². The summed E-state index contributed by atoms with van der Waals surface area (Å²) < 4.78 is 28.2. The van der Waals surface area contributed by atoms with E-state index in [9.17, 15) is 8.78 Å². The van der Waals surface area contributed by atoms with Gasteiger partial charge in [-0.15, -0.1) is 0 Å². The second-order valence-electron chi connectivity index (χ2n) is 4.08. The SMILES string of the molecule is CCn1cc(C)c(NCc2cccc(F)c2F)n1. The summed E-state index contributed by atoms with van der Waals surface area (Å²) in [5.41, 5.74) is 1.27. The number of aryl methyl sites for hydroxylation is 2. The quantitative estimate of drug-likeness (QED) is 0.904. The van der Waals surface area contributed by atoms with E-state index in [0.717, 1.165) is 18.2 Å². The van der Waals surface area contributed by atoms with Gasteiger partial charge in [0.1, 0.15) is 0 Å². The second kappa shape index (κ2) is 5.16. The first kappa shape index (κ1) is 12.5. The number of benzene rings is 1. The van der Waals surface area contributed by atoms with Crippen LogP contribution in [0.3, 0.4) is 0 Å². The topological polar surface area (TPSA) is 29.9 Å². The van der Waals surface area contributed by atoms with Gasteiger partial charge in [0.25, 0.3) is 0 Å². The van der Waals surface area contributed by atoms with Crippen molar-refractivity contribution in [3.05, 3.63) is 47.2 Å². The summed E-state index contributed by atoms with van der Waals surface area (Å²) in [5, 5.41) is 7.30. The monoisotopic (exact) mass is 251 g/mol. The molecule has 0 radical (unpaired) electrons. The molecule has 0 spiro atoms. The highest BCUT2D eigenvalue weighted by Gasteiger charge is 2.09. The molecular weight excluding hydrogens is 236 g/mol. The van der Waals surface area contributed by atoms with Crippen LogP contribution in [0.2, 0.25) is 0 Å². The van der Waals surface area contributed by atoms with Crippen LogP contribution < -0.4 is 5.32 Å². The second-order valence-corrected chi connectivity index (χ2v) is 4.08. The van der Waals surface area contributed by atoms with Gasteiger partial charge in [0, 0.05) is 30.4 Å². The molecular formula is C13H15F2N3. The summed E-state index contributed by atoms with van der Waals surface area (Å²) in [4.78, 5) is 0. The van der Waals surface area contributed by atoms with Crippen LogP contribution in [0.1, 0.15) is 18.1 Å². The molecule has 1 N–H and O–H groups in total. The van der Waals surface area contributed by atoms with E-state index in [2.05, 4.69) is 10.4 Å². The van der Waals surface area contributed by atoms with Crippen molar-refractivity contribution in [3.8, 4) is 0 Å². The molecule has 0 fully saturated rings. The summed E-state index contributed by atoms with van der Waals surface area (Å²) in [7, 11) is 0. The zero-order valence-electron chi connectivity index (χ0n) is 10.4. The molecule has 0 aliphatic carbocycles. The van der Waals surface area contributed by atoms with Gasteiger partial charge in [-0.2, -0.15) is 5.10 Å². The van der Waals surface area contributed by atoms with E-state index < -0.39 is 11.6 Å². The maximum absolute atomic E-state index is 13.4. The van der Waals surface area contributed by atoms with E-state index in [-0.39, 0.29) is 6.54 Å². The molecule has 5 heteroatoms. The highest BCUT2D eigenvalue weighted by molar-refractivity contribution is 5.42. The summed E-state index contributed by atoms with van der Waals surface area (Å²) in [6.07, 6.45) is 1.91. The van der Waals surface area contributed by atoms with Gasteiger partial charge < -0.3 is 5.32 Å². The Morgan fingerprint density at radius 1 is 1.33 bits per heavy atom. The van der Waals surface area contributed by atoms with Crippen LogP contribution in [0, 0.1) is 18.6 Å². The lowest BCUT2D eigenvalue weighted by Gasteiger charge is -2.06. The predicted octanol–water partition coefficient (Wildman–Crippen LogP) is 3.10. The summed E-state index contributed by atoms with van der Waals surface area (Å²) in [6, 6.07) is 4.15. The van der Waals surface area contributed by atoms with Gasteiger partial charge in [0.05, 0.1) is 0 Å². The number of nitrogens with zero attached hydrogens (tertiary/aromatic N) is 2. The van der Waals surface area contributed by atoms with Crippen molar-refractivity contribution in [3.63, 3.8) is 0 Å². The van der Waals surface area contributed by atoms with E-state index in [1.807, 2.05) is 20.0 Å². The van der Waals surface area contributed by atoms with E-state index >= 15 is 0 Å². The number of hydrogen-bond donors (Lipinski definition) is 1. The Bertz CT molecular complexity index is 549. The highest BCUT2D eigenvalue weighted by Crippen LogP contribution is 2.15. The van der Waals surface area contributed by atoms with Crippen LogP contribution in [-0.4, -0.2) is 9.78 Å². The van der Waals surface area contributed by atoms with Crippen LogP contribution in [0.15, 0.2) is 24.4 Å². The molecule has 2 rings (SSSR count). The summed E-state index contributed by atoms with van der Waals surface area (Å²) >= 11 is 0. The molecule has 0 unspecified atom stereocenters. The Labute approximate surface area is 104 Å². The zero-order chi connectivity index (χ0) is 13.1. The number of rotatable bonds is 4. The number of hydrogen-bond acceptors (Lipinski definition) is 2.